The van der Waals surface area contributed by atoms with Gasteiger partial charge in [-0.1, -0.05) is 23.7 Å². The number of benzene rings is 2. The third kappa shape index (κ3) is 6.24. The summed E-state index contributed by atoms with van der Waals surface area (Å²) in [5.41, 5.74) is 1.88. The van der Waals surface area contributed by atoms with Gasteiger partial charge in [-0.05, 0) is 69.2 Å². The average Bonchev–Trinajstić information content (AvgIpc) is 2.55. The van der Waals surface area contributed by atoms with Gasteiger partial charge in [0.1, 0.15) is 0 Å². The molecule has 2 N–H and O–H groups in total. The van der Waals surface area contributed by atoms with E-state index in [1.807, 2.05) is 45.0 Å². The van der Waals surface area contributed by atoms with Crippen molar-refractivity contribution >= 4 is 23.4 Å². The van der Waals surface area contributed by atoms with E-state index in [-0.39, 0.29) is 17.4 Å². The number of carbonyl (C=O) groups is 2. The number of hydrogen-bond donors (Lipinski definition) is 2. The van der Waals surface area contributed by atoms with E-state index >= 15 is 0 Å². The van der Waals surface area contributed by atoms with Crippen LogP contribution in [0.5, 0.6) is 0 Å². The topological polar surface area (TPSA) is 58.2 Å². The molecule has 0 radical (unpaired) electrons. The minimum Gasteiger partial charge on any atom is -0.352 e. The first-order valence-corrected chi connectivity index (χ1v) is 8.58. The number of nitrogens with one attached hydrogen (secondary N) is 2. The SMILES string of the molecule is CC(C)(C)NC(=O)c1ccc(C(=O)NCCc2ccc(Cl)cc2)cc1. The Balaban J connectivity index is 1.87. The fraction of sp³-hybridized carbons (Fsp3) is 0.300. The molecule has 0 spiro atoms. The van der Waals surface area contributed by atoms with Crippen LogP contribution in [0.3, 0.4) is 0 Å². The molecule has 0 aliphatic rings. The van der Waals surface area contributed by atoms with Crippen LogP contribution in [0, 0.1) is 0 Å². The average molecular weight is 359 g/mol. The molecule has 132 valence electrons. The second-order valence-corrected chi connectivity index (χ2v) is 7.35. The van der Waals surface area contributed by atoms with Crippen molar-refractivity contribution in [2.75, 3.05) is 6.54 Å². The molecule has 0 atom stereocenters. The second kappa shape index (κ2) is 8.17. The molecule has 2 rings (SSSR count). The zero-order valence-electron chi connectivity index (χ0n) is 14.7. The van der Waals surface area contributed by atoms with Gasteiger partial charge in [0.05, 0.1) is 0 Å². The number of hydrogen-bond acceptors (Lipinski definition) is 2. The van der Waals surface area contributed by atoms with Crippen LogP contribution in [0.1, 0.15) is 47.1 Å². The van der Waals surface area contributed by atoms with E-state index in [1.54, 1.807) is 24.3 Å². The number of carbonyl (C=O) groups excluding carboxylic acids is 2. The van der Waals surface area contributed by atoms with E-state index in [2.05, 4.69) is 10.6 Å². The van der Waals surface area contributed by atoms with Gasteiger partial charge in [-0.2, -0.15) is 0 Å². The molecule has 0 bridgehead atoms. The predicted molar refractivity (Wildman–Crippen MR) is 101 cm³/mol. The molecule has 0 saturated heterocycles. The van der Waals surface area contributed by atoms with Gasteiger partial charge in [0.25, 0.3) is 11.8 Å². The Morgan fingerprint density at radius 3 is 1.92 bits per heavy atom. The normalized spacial score (nSPS) is 11.0. The molecule has 25 heavy (non-hydrogen) atoms. The van der Waals surface area contributed by atoms with Crippen LogP contribution in [-0.2, 0) is 6.42 Å². The lowest BCUT2D eigenvalue weighted by molar-refractivity contribution is 0.0915. The van der Waals surface area contributed by atoms with Crippen molar-refractivity contribution in [2.45, 2.75) is 32.7 Å². The van der Waals surface area contributed by atoms with Crippen molar-refractivity contribution in [1.29, 1.82) is 0 Å². The fourth-order valence-electron chi connectivity index (χ4n) is 2.26. The first-order valence-electron chi connectivity index (χ1n) is 8.20. The Morgan fingerprint density at radius 2 is 1.40 bits per heavy atom. The Morgan fingerprint density at radius 1 is 0.880 bits per heavy atom. The molecule has 5 heteroatoms. The maximum absolute atomic E-state index is 12.2. The van der Waals surface area contributed by atoms with Crippen LogP contribution in [0.2, 0.25) is 5.02 Å². The predicted octanol–water partition coefficient (Wildman–Crippen LogP) is 3.84. The molecular weight excluding hydrogens is 336 g/mol. The molecule has 2 amide bonds. The number of halogens is 1. The summed E-state index contributed by atoms with van der Waals surface area (Å²) in [6.07, 6.45) is 0.731. The van der Waals surface area contributed by atoms with Crippen molar-refractivity contribution in [2.24, 2.45) is 0 Å². The summed E-state index contributed by atoms with van der Waals surface area (Å²) >= 11 is 5.85. The molecule has 4 nitrogen and oxygen atoms in total. The van der Waals surface area contributed by atoms with Gasteiger partial charge in [0.15, 0.2) is 0 Å². The van der Waals surface area contributed by atoms with E-state index in [4.69, 9.17) is 11.6 Å². The Hall–Kier alpha value is -2.33. The highest BCUT2D eigenvalue weighted by molar-refractivity contribution is 6.30. The van der Waals surface area contributed by atoms with Gasteiger partial charge in [-0.3, -0.25) is 9.59 Å². The molecular formula is C20H23ClN2O2. The summed E-state index contributed by atoms with van der Waals surface area (Å²) in [5, 5.41) is 6.47. The molecule has 0 aromatic heterocycles. The monoisotopic (exact) mass is 358 g/mol. The van der Waals surface area contributed by atoms with E-state index in [1.165, 1.54) is 0 Å². The summed E-state index contributed by atoms with van der Waals surface area (Å²) in [5.74, 6) is -0.307. The molecule has 0 heterocycles. The lowest BCUT2D eigenvalue weighted by Crippen LogP contribution is -2.40. The van der Waals surface area contributed by atoms with Gasteiger partial charge < -0.3 is 10.6 Å². The van der Waals surface area contributed by atoms with E-state index in [9.17, 15) is 9.59 Å². The third-order valence-electron chi connectivity index (χ3n) is 3.51. The van der Waals surface area contributed by atoms with Crippen molar-refractivity contribution in [1.82, 2.24) is 10.6 Å². The quantitative estimate of drug-likeness (QED) is 0.853. The second-order valence-electron chi connectivity index (χ2n) is 6.91. The maximum atomic E-state index is 12.2. The van der Waals surface area contributed by atoms with E-state index in [0.717, 1.165) is 12.0 Å². The van der Waals surface area contributed by atoms with Crippen LogP contribution in [0.25, 0.3) is 0 Å². The minimum absolute atomic E-state index is 0.151. The minimum atomic E-state index is -0.297. The van der Waals surface area contributed by atoms with Gasteiger partial charge in [-0.25, -0.2) is 0 Å². The molecule has 0 aliphatic heterocycles. The van der Waals surface area contributed by atoms with Crippen molar-refractivity contribution in [3.63, 3.8) is 0 Å². The Bertz CT molecular complexity index is 732. The van der Waals surface area contributed by atoms with Gasteiger partial charge in [-0.15, -0.1) is 0 Å². The summed E-state index contributed by atoms with van der Waals surface area (Å²) in [4.78, 5) is 24.2. The lowest BCUT2D eigenvalue weighted by atomic mass is 10.1. The maximum Gasteiger partial charge on any atom is 0.251 e. The van der Waals surface area contributed by atoms with Gasteiger partial charge in [0.2, 0.25) is 0 Å². The molecule has 0 aliphatic carbocycles. The standard InChI is InChI=1S/C20H23ClN2O2/c1-20(2,3)23-19(25)16-8-6-15(7-9-16)18(24)22-13-12-14-4-10-17(21)11-5-14/h4-11H,12-13H2,1-3H3,(H,22,24)(H,23,25). The summed E-state index contributed by atoms with van der Waals surface area (Å²) < 4.78 is 0. The van der Waals surface area contributed by atoms with Crippen LogP contribution in [-0.4, -0.2) is 23.9 Å². The molecule has 2 aromatic rings. The first-order chi connectivity index (χ1) is 11.7. The molecule has 0 unspecified atom stereocenters. The van der Waals surface area contributed by atoms with Crippen molar-refractivity contribution in [3.05, 3.63) is 70.2 Å². The zero-order valence-corrected chi connectivity index (χ0v) is 15.5. The lowest BCUT2D eigenvalue weighted by Gasteiger charge is -2.20. The van der Waals surface area contributed by atoms with Gasteiger partial charge in [0, 0.05) is 28.2 Å². The number of rotatable bonds is 5. The van der Waals surface area contributed by atoms with Crippen LogP contribution in [0.15, 0.2) is 48.5 Å². The van der Waals surface area contributed by atoms with Gasteiger partial charge >= 0.3 is 0 Å². The summed E-state index contributed by atoms with van der Waals surface area (Å²) in [7, 11) is 0. The van der Waals surface area contributed by atoms with E-state index < -0.39 is 0 Å². The highest BCUT2D eigenvalue weighted by Gasteiger charge is 2.15. The number of amides is 2. The van der Waals surface area contributed by atoms with Crippen LogP contribution in [0.4, 0.5) is 0 Å². The summed E-state index contributed by atoms with van der Waals surface area (Å²) in [6.45, 7) is 6.31. The largest absolute Gasteiger partial charge is 0.352 e. The molecule has 2 aromatic carbocycles. The van der Waals surface area contributed by atoms with Crippen LogP contribution >= 0.6 is 11.6 Å². The highest BCUT2D eigenvalue weighted by atomic mass is 35.5. The Kier molecular flexibility index (Phi) is 6.21. The molecule has 0 fully saturated rings. The Labute approximate surface area is 153 Å². The van der Waals surface area contributed by atoms with Crippen molar-refractivity contribution in [3.8, 4) is 0 Å². The third-order valence-corrected chi connectivity index (χ3v) is 3.76. The van der Waals surface area contributed by atoms with Crippen LogP contribution < -0.4 is 10.6 Å². The fourth-order valence-corrected chi connectivity index (χ4v) is 2.39. The van der Waals surface area contributed by atoms with Crippen molar-refractivity contribution < 1.29 is 9.59 Å². The first kappa shape index (κ1) is 19.0. The summed E-state index contributed by atoms with van der Waals surface area (Å²) in [6, 6.07) is 14.2. The highest BCUT2D eigenvalue weighted by Crippen LogP contribution is 2.10. The smallest absolute Gasteiger partial charge is 0.251 e. The zero-order chi connectivity index (χ0) is 18.4. The molecule has 0 saturated carbocycles. The van der Waals surface area contributed by atoms with E-state index in [0.29, 0.717) is 22.7 Å².